The van der Waals surface area contributed by atoms with Gasteiger partial charge in [0.15, 0.2) is 0 Å². The number of carboxylic acid groups (broad SMARTS) is 1. The summed E-state index contributed by atoms with van der Waals surface area (Å²) in [5.74, 6) is -0.343. The van der Waals surface area contributed by atoms with Gasteiger partial charge in [-0.3, -0.25) is 14.5 Å². The van der Waals surface area contributed by atoms with E-state index in [1.807, 2.05) is 0 Å². The Morgan fingerprint density at radius 3 is 3.00 bits per heavy atom. The van der Waals surface area contributed by atoms with Gasteiger partial charge in [-0.05, 0) is 12.8 Å². The number of carbonyl (C=O) groups is 2. The van der Waals surface area contributed by atoms with Gasteiger partial charge in [0.2, 0.25) is 0 Å². The van der Waals surface area contributed by atoms with E-state index in [0.717, 1.165) is 17.9 Å². The lowest BCUT2D eigenvalue weighted by molar-refractivity contribution is -0.0760. The van der Waals surface area contributed by atoms with Gasteiger partial charge in [-0.25, -0.2) is 14.8 Å². The number of hydrogen-bond donors (Lipinski definition) is 1. The van der Waals surface area contributed by atoms with Gasteiger partial charge in [0.05, 0.1) is 13.2 Å². The molecule has 0 spiro atoms. The molecule has 2 heterocycles. The second-order valence-electron chi connectivity index (χ2n) is 4.19. The molecule has 19 heavy (non-hydrogen) atoms. The maximum atomic E-state index is 11.8. The lowest BCUT2D eigenvalue weighted by atomic mass is 10.2. The number of amides is 2. The summed E-state index contributed by atoms with van der Waals surface area (Å²) in [7, 11) is 2.90. The van der Waals surface area contributed by atoms with Gasteiger partial charge in [-0.2, -0.15) is 0 Å². The van der Waals surface area contributed by atoms with Gasteiger partial charge >= 0.3 is 6.09 Å². The fourth-order valence-electron chi connectivity index (χ4n) is 2.04. The Morgan fingerprint density at radius 2 is 2.37 bits per heavy atom. The molecule has 1 atom stereocenters. The van der Waals surface area contributed by atoms with Crippen molar-refractivity contribution >= 4 is 23.3 Å². The summed E-state index contributed by atoms with van der Waals surface area (Å²) in [5, 5.41) is 12.5. The summed E-state index contributed by atoms with van der Waals surface area (Å²) in [4.78, 5) is 33.3. The van der Waals surface area contributed by atoms with E-state index in [-0.39, 0.29) is 17.6 Å². The third-order valence-corrected chi connectivity index (χ3v) is 4.03. The average Bonchev–Trinajstić information content (AvgIpc) is 3.04. The number of aromatic nitrogens is 1. The van der Waals surface area contributed by atoms with E-state index in [0.29, 0.717) is 11.6 Å². The highest BCUT2D eigenvalue weighted by molar-refractivity contribution is 7.09. The van der Waals surface area contributed by atoms with Crippen LogP contribution in [-0.2, 0) is 4.84 Å². The lowest BCUT2D eigenvalue weighted by Gasteiger charge is -2.19. The summed E-state index contributed by atoms with van der Waals surface area (Å²) in [6, 6.07) is -0.239. The van der Waals surface area contributed by atoms with Crippen LogP contribution in [0.5, 0.6) is 0 Å². The van der Waals surface area contributed by atoms with Crippen molar-refractivity contribution in [3.8, 4) is 0 Å². The first-order chi connectivity index (χ1) is 9.04. The molecule has 1 aliphatic heterocycles. The topological polar surface area (TPSA) is 83.0 Å². The van der Waals surface area contributed by atoms with E-state index in [1.54, 1.807) is 5.38 Å². The van der Waals surface area contributed by atoms with Crippen LogP contribution in [0.4, 0.5) is 4.79 Å². The quantitative estimate of drug-likeness (QED) is 0.853. The van der Waals surface area contributed by atoms with Gasteiger partial charge in [0, 0.05) is 19.0 Å². The molecular weight excluding hydrogens is 270 g/mol. The Balaban J connectivity index is 2.17. The van der Waals surface area contributed by atoms with Crippen LogP contribution in [0.25, 0.3) is 0 Å². The number of nitrogens with zero attached hydrogens (tertiary/aromatic N) is 3. The van der Waals surface area contributed by atoms with Crippen LogP contribution < -0.4 is 0 Å². The zero-order valence-corrected chi connectivity index (χ0v) is 11.5. The fraction of sp³-hybridized carbons (Fsp3) is 0.545. The molecule has 0 unspecified atom stereocenters. The molecule has 104 valence electrons. The van der Waals surface area contributed by atoms with E-state index in [4.69, 9.17) is 9.94 Å². The first-order valence-electron chi connectivity index (χ1n) is 5.81. The largest absolute Gasteiger partial charge is 0.465 e. The molecule has 1 aromatic heterocycles. The van der Waals surface area contributed by atoms with Gasteiger partial charge in [0.1, 0.15) is 10.7 Å². The zero-order chi connectivity index (χ0) is 14.0. The second-order valence-corrected chi connectivity index (χ2v) is 5.08. The van der Waals surface area contributed by atoms with Crippen LogP contribution in [-0.4, -0.2) is 52.8 Å². The number of likely N-dealkylation sites (tertiary alicyclic amines) is 1. The molecule has 0 radical (unpaired) electrons. The number of rotatable bonds is 3. The average molecular weight is 285 g/mol. The summed E-state index contributed by atoms with van der Waals surface area (Å²) in [6.45, 7) is 0.515. The number of hydrogen-bond acceptors (Lipinski definition) is 5. The molecule has 1 fully saturated rings. The van der Waals surface area contributed by atoms with E-state index in [1.165, 1.54) is 30.4 Å². The van der Waals surface area contributed by atoms with Crippen molar-refractivity contribution in [2.24, 2.45) is 0 Å². The van der Waals surface area contributed by atoms with Gasteiger partial charge < -0.3 is 5.11 Å². The van der Waals surface area contributed by atoms with Crippen molar-refractivity contribution in [3.63, 3.8) is 0 Å². The van der Waals surface area contributed by atoms with E-state index in [2.05, 4.69) is 4.98 Å². The summed E-state index contributed by atoms with van der Waals surface area (Å²) < 4.78 is 0. The Labute approximate surface area is 114 Å². The van der Waals surface area contributed by atoms with E-state index in [9.17, 15) is 9.59 Å². The number of carbonyl (C=O) groups excluding carboxylic acids is 1. The van der Waals surface area contributed by atoms with Gasteiger partial charge in [0.25, 0.3) is 5.91 Å². The fourth-order valence-corrected chi connectivity index (χ4v) is 2.97. The molecule has 7 nitrogen and oxygen atoms in total. The Morgan fingerprint density at radius 1 is 1.63 bits per heavy atom. The monoisotopic (exact) mass is 285 g/mol. The number of hydroxylamine groups is 2. The third kappa shape index (κ3) is 2.69. The summed E-state index contributed by atoms with van der Waals surface area (Å²) in [5.41, 5.74) is 0.279. The minimum atomic E-state index is -0.945. The van der Waals surface area contributed by atoms with Crippen molar-refractivity contribution < 1.29 is 19.5 Å². The predicted molar refractivity (Wildman–Crippen MR) is 67.9 cm³/mol. The van der Waals surface area contributed by atoms with Crippen molar-refractivity contribution in [1.29, 1.82) is 0 Å². The third-order valence-electron chi connectivity index (χ3n) is 3.08. The van der Waals surface area contributed by atoms with Crippen LogP contribution in [0.15, 0.2) is 5.38 Å². The maximum absolute atomic E-state index is 11.8. The van der Waals surface area contributed by atoms with E-state index >= 15 is 0 Å². The molecule has 1 aliphatic rings. The summed E-state index contributed by atoms with van der Waals surface area (Å²) >= 11 is 1.31. The van der Waals surface area contributed by atoms with Crippen molar-refractivity contribution in [2.45, 2.75) is 18.9 Å². The zero-order valence-electron chi connectivity index (χ0n) is 10.7. The summed E-state index contributed by atoms with van der Waals surface area (Å²) in [6.07, 6.45) is 0.616. The molecule has 1 N–H and O–H groups in total. The standard InChI is InChI=1S/C11H15N3O4S/c1-13(18-2)10(15)7-6-19-9(12-7)8-4-3-5-14(8)11(16)17/h6,8H,3-5H2,1-2H3,(H,16,17)/t8-/m0/s1. The van der Waals surface area contributed by atoms with Gasteiger partial charge in [-0.15, -0.1) is 11.3 Å². The molecule has 0 aliphatic carbocycles. The van der Waals surface area contributed by atoms with Crippen LogP contribution in [0.2, 0.25) is 0 Å². The van der Waals surface area contributed by atoms with E-state index < -0.39 is 6.09 Å². The van der Waals surface area contributed by atoms with Crippen molar-refractivity contribution in [1.82, 2.24) is 14.9 Å². The highest BCUT2D eigenvalue weighted by atomic mass is 32.1. The molecule has 2 rings (SSSR count). The molecule has 0 aromatic carbocycles. The molecule has 1 aromatic rings. The molecular formula is C11H15N3O4S. The maximum Gasteiger partial charge on any atom is 0.407 e. The smallest absolute Gasteiger partial charge is 0.407 e. The number of thiazole rings is 1. The SMILES string of the molecule is CON(C)C(=O)c1csc([C@@H]2CCCN2C(=O)O)n1. The molecule has 8 heteroatoms. The Bertz CT molecular complexity index is 490. The van der Waals surface area contributed by atoms with Crippen molar-refractivity contribution in [3.05, 3.63) is 16.1 Å². The van der Waals surface area contributed by atoms with Crippen LogP contribution in [0, 0.1) is 0 Å². The van der Waals surface area contributed by atoms with Crippen molar-refractivity contribution in [2.75, 3.05) is 20.7 Å². The highest BCUT2D eigenvalue weighted by Crippen LogP contribution is 2.33. The Hall–Kier alpha value is -1.67. The molecule has 0 saturated carbocycles. The van der Waals surface area contributed by atoms with Crippen LogP contribution in [0.1, 0.15) is 34.4 Å². The first kappa shape index (κ1) is 13.8. The minimum Gasteiger partial charge on any atom is -0.465 e. The second kappa shape index (κ2) is 5.54. The first-order valence-corrected chi connectivity index (χ1v) is 6.69. The normalized spacial score (nSPS) is 18.6. The predicted octanol–water partition coefficient (Wildman–Crippen LogP) is 1.59. The van der Waals surface area contributed by atoms with Crippen LogP contribution >= 0.6 is 11.3 Å². The molecule has 1 saturated heterocycles. The highest BCUT2D eigenvalue weighted by Gasteiger charge is 2.32. The minimum absolute atomic E-state index is 0.239. The van der Waals surface area contributed by atoms with Gasteiger partial charge in [-0.1, -0.05) is 0 Å². The van der Waals surface area contributed by atoms with Crippen LogP contribution in [0.3, 0.4) is 0 Å². The molecule has 2 amide bonds. The lowest BCUT2D eigenvalue weighted by Crippen LogP contribution is -2.29. The Kier molecular flexibility index (Phi) is 4.01. The molecule has 0 bridgehead atoms.